The number of alkyl halides is 1. The number of unbranched alkanes of at least 4 members (excludes halogenated alkanes) is 1. The smallest absolute Gasteiger partial charge is 0.119 e. The molecule has 3 aromatic rings. The number of aromatic hydroxyl groups is 1. The van der Waals surface area contributed by atoms with E-state index in [0.717, 1.165) is 57.1 Å². The second-order valence-corrected chi connectivity index (χ2v) is 15.6. The molecule has 218 valence electrons. The molecule has 0 aromatic heterocycles. The highest BCUT2D eigenvalue weighted by atomic mass is 32.3. The monoisotopic (exact) mass is 564 g/mol. The number of hydrogen-bond donors (Lipinski definition) is 1. The van der Waals surface area contributed by atoms with Crippen molar-refractivity contribution in [3.63, 3.8) is 0 Å². The van der Waals surface area contributed by atoms with Gasteiger partial charge in [-0.1, -0.05) is 63.9 Å². The SMILES string of the molecule is CCCC(CC)Oc1ccc(C2=C(c3ccc(S(C)(C)C)cc3)CCCc3cc(O)ccc32)cc1.CCCCF. The standard InChI is InChI=1S/C32H40O2S.C4H9F/c1-6-9-27(7-2)34-28-17-12-24(13-18-28)32-30(23-14-19-29(20-15-23)35(3,4)5)11-8-10-25-22-26(33)16-21-31(25)32;1-2-3-4-5/h12-22,27,33H,6-11H2,1-5H3;2-4H2,1H3. The normalized spacial score (nSPS) is 14.5. The summed E-state index contributed by atoms with van der Waals surface area (Å²) >= 11 is 0. The molecule has 1 aliphatic rings. The Hall–Kier alpha value is -2.72. The van der Waals surface area contributed by atoms with Gasteiger partial charge in [-0.25, -0.2) is 10.0 Å². The minimum atomic E-state index is -0.756. The third-order valence-corrected chi connectivity index (χ3v) is 9.13. The fraction of sp³-hybridized carbons (Fsp3) is 0.444. The van der Waals surface area contributed by atoms with E-state index in [4.69, 9.17) is 4.74 Å². The molecule has 2 nitrogen and oxygen atoms in total. The van der Waals surface area contributed by atoms with Crippen molar-refractivity contribution in [3.8, 4) is 11.5 Å². The minimum absolute atomic E-state index is 0.156. The molecule has 4 heteroatoms. The van der Waals surface area contributed by atoms with Crippen LogP contribution in [0.15, 0.2) is 71.6 Å². The molecule has 3 aromatic carbocycles. The van der Waals surface area contributed by atoms with Crippen molar-refractivity contribution >= 4 is 21.2 Å². The molecular weight excluding hydrogens is 515 g/mol. The molecule has 0 bridgehead atoms. The molecule has 1 aliphatic carbocycles. The number of ether oxygens (including phenoxy) is 1. The lowest BCUT2D eigenvalue weighted by Gasteiger charge is -2.26. The van der Waals surface area contributed by atoms with Gasteiger partial charge in [-0.2, -0.15) is 0 Å². The van der Waals surface area contributed by atoms with Crippen molar-refractivity contribution in [2.45, 2.75) is 83.1 Å². The number of fused-ring (bicyclic) bond motifs is 1. The van der Waals surface area contributed by atoms with Crippen molar-refractivity contribution in [2.24, 2.45) is 0 Å². The van der Waals surface area contributed by atoms with Gasteiger partial charge in [0.25, 0.3) is 0 Å². The maximum absolute atomic E-state index is 11.0. The zero-order chi connectivity index (χ0) is 29.1. The van der Waals surface area contributed by atoms with Crippen LogP contribution in [0.25, 0.3) is 11.1 Å². The zero-order valence-corrected chi connectivity index (χ0v) is 26.3. The Morgan fingerprint density at radius 2 is 1.52 bits per heavy atom. The summed E-state index contributed by atoms with van der Waals surface area (Å²) in [5.41, 5.74) is 7.61. The van der Waals surface area contributed by atoms with Crippen LogP contribution in [-0.2, 0) is 6.42 Å². The number of allylic oxidation sites excluding steroid dienone is 1. The molecule has 4 rings (SSSR count). The first-order chi connectivity index (χ1) is 19.2. The zero-order valence-electron chi connectivity index (χ0n) is 25.4. The Morgan fingerprint density at radius 3 is 2.08 bits per heavy atom. The third kappa shape index (κ3) is 8.64. The predicted octanol–water partition coefficient (Wildman–Crippen LogP) is 10.5. The highest BCUT2D eigenvalue weighted by Gasteiger charge is 2.21. The molecule has 0 heterocycles. The van der Waals surface area contributed by atoms with Crippen molar-refractivity contribution in [1.82, 2.24) is 0 Å². The number of halogens is 1. The van der Waals surface area contributed by atoms with Crippen molar-refractivity contribution in [3.05, 3.63) is 89.0 Å². The van der Waals surface area contributed by atoms with Crippen LogP contribution in [0.4, 0.5) is 4.39 Å². The van der Waals surface area contributed by atoms with Crippen LogP contribution in [0.3, 0.4) is 0 Å². The number of phenols is 1. The number of aryl methyl sites for hydroxylation is 1. The van der Waals surface area contributed by atoms with Gasteiger partial charge in [-0.3, -0.25) is 4.39 Å². The largest absolute Gasteiger partial charge is 0.508 e. The quantitative estimate of drug-likeness (QED) is 0.265. The lowest BCUT2D eigenvalue weighted by atomic mass is 9.88. The summed E-state index contributed by atoms with van der Waals surface area (Å²) < 4.78 is 17.3. The summed E-state index contributed by atoms with van der Waals surface area (Å²) in [7, 11) is -0.756. The highest BCUT2D eigenvalue weighted by molar-refractivity contribution is 8.32. The average Bonchev–Trinajstić information content (AvgIpc) is 3.13. The summed E-state index contributed by atoms with van der Waals surface area (Å²) in [4.78, 5) is 1.43. The second kappa shape index (κ2) is 15.3. The van der Waals surface area contributed by atoms with Crippen molar-refractivity contribution in [1.29, 1.82) is 0 Å². The van der Waals surface area contributed by atoms with Gasteiger partial charge in [0.15, 0.2) is 0 Å². The molecule has 0 spiro atoms. The van der Waals surface area contributed by atoms with E-state index >= 15 is 0 Å². The summed E-state index contributed by atoms with van der Waals surface area (Å²) in [5, 5.41) is 10.2. The van der Waals surface area contributed by atoms with Crippen LogP contribution in [-0.4, -0.2) is 36.7 Å². The lowest BCUT2D eigenvalue weighted by Crippen LogP contribution is -2.14. The van der Waals surface area contributed by atoms with E-state index in [0.29, 0.717) is 5.75 Å². The van der Waals surface area contributed by atoms with E-state index in [1.165, 1.54) is 38.3 Å². The first-order valence-electron chi connectivity index (χ1n) is 14.9. The Balaban J connectivity index is 0.000000810. The van der Waals surface area contributed by atoms with Gasteiger partial charge < -0.3 is 9.84 Å². The Kier molecular flexibility index (Phi) is 12.2. The lowest BCUT2D eigenvalue weighted by molar-refractivity contribution is 0.186. The number of benzene rings is 3. The molecular formula is C36H49FO2S. The van der Waals surface area contributed by atoms with Crippen LogP contribution in [0.1, 0.15) is 88.0 Å². The van der Waals surface area contributed by atoms with Crippen LogP contribution in [0.5, 0.6) is 11.5 Å². The maximum Gasteiger partial charge on any atom is 0.119 e. The molecule has 40 heavy (non-hydrogen) atoms. The molecule has 1 atom stereocenters. The van der Waals surface area contributed by atoms with Crippen LogP contribution in [0.2, 0.25) is 0 Å². The van der Waals surface area contributed by atoms with E-state index in [2.05, 4.69) is 87.2 Å². The van der Waals surface area contributed by atoms with Crippen molar-refractivity contribution in [2.75, 3.05) is 25.4 Å². The van der Waals surface area contributed by atoms with E-state index < -0.39 is 10.0 Å². The summed E-state index contributed by atoms with van der Waals surface area (Å²) in [6, 6.07) is 23.8. The number of phenolic OH excluding ortho intramolecular Hbond substituents is 1. The van der Waals surface area contributed by atoms with Crippen molar-refractivity contribution < 1.29 is 14.2 Å². The molecule has 0 fully saturated rings. The van der Waals surface area contributed by atoms with E-state index in [9.17, 15) is 9.50 Å². The number of hydrogen-bond acceptors (Lipinski definition) is 2. The Labute approximate surface area is 244 Å². The van der Waals surface area contributed by atoms with Gasteiger partial charge >= 0.3 is 0 Å². The third-order valence-electron chi connectivity index (χ3n) is 7.44. The molecule has 0 radical (unpaired) electrons. The molecule has 0 amide bonds. The van der Waals surface area contributed by atoms with Gasteiger partial charge in [-0.05, 0) is 132 Å². The minimum Gasteiger partial charge on any atom is -0.508 e. The molecule has 0 saturated heterocycles. The van der Waals surface area contributed by atoms with Gasteiger partial charge in [0, 0.05) is 0 Å². The predicted molar refractivity (Wildman–Crippen MR) is 174 cm³/mol. The second-order valence-electron chi connectivity index (χ2n) is 11.4. The first-order valence-corrected chi connectivity index (χ1v) is 17.7. The first kappa shape index (κ1) is 31.8. The Bertz CT molecular complexity index is 1220. The topological polar surface area (TPSA) is 29.5 Å². The molecule has 0 saturated carbocycles. The van der Waals surface area contributed by atoms with Crippen LogP contribution < -0.4 is 4.74 Å². The summed E-state index contributed by atoms with van der Waals surface area (Å²) in [6.07, 6.45) is 15.3. The van der Waals surface area contributed by atoms with E-state index in [1.807, 2.05) is 19.1 Å². The van der Waals surface area contributed by atoms with Crippen LogP contribution >= 0.6 is 10.0 Å². The maximum atomic E-state index is 11.0. The van der Waals surface area contributed by atoms with Gasteiger partial charge in [-0.15, -0.1) is 0 Å². The summed E-state index contributed by atoms with van der Waals surface area (Å²) in [6.45, 7) is 6.21. The average molecular weight is 565 g/mol. The molecule has 1 N–H and O–H groups in total. The highest BCUT2D eigenvalue weighted by Crippen LogP contribution is 2.46. The Morgan fingerprint density at radius 1 is 0.850 bits per heavy atom. The van der Waals surface area contributed by atoms with E-state index in [1.54, 1.807) is 0 Å². The van der Waals surface area contributed by atoms with E-state index in [-0.39, 0.29) is 12.8 Å². The summed E-state index contributed by atoms with van der Waals surface area (Å²) in [5.74, 6) is 1.28. The van der Waals surface area contributed by atoms with Gasteiger partial charge in [0.1, 0.15) is 11.5 Å². The number of rotatable bonds is 10. The molecule has 1 unspecified atom stereocenters. The van der Waals surface area contributed by atoms with Gasteiger partial charge in [0.2, 0.25) is 0 Å². The fourth-order valence-electron chi connectivity index (χ4n) is 5.15. The molecule has 0 aliphatic heterocycles. The fourth-order valence-corrected chi connectivity index (χ4v) is 6.10. The van der Waals surface area contributed by atoms with Gasteiger partial charge in [0.05, 0.1) is 12.8 Å². The van der Waals surface area contributed by atoms with Crippen LogP contribution in [0, 0.1) is 0 Å².